The molecule has 5 nitrogen and oxygen atoms in total. The molecule has 0 saturated carbocycles. The van der Waals surface area contributed by atoms with E-state index < -0.39 is 0 Å². The number of benzene rings is 2. The Morgan fingerprint density at radius 3 is 2.52 bits per heavy atom. The summed E-state index contributed by atoms with van der Waals surface area (Å²) in [5.74, 6) is 1.54. The van der Waals surface area contributed by atoms with E-state index in [4.69, 9.17) is 26.8 Å². The maximum absolute atomic E-state index is 6.52. The third-order valence-corrected chi connectivity index (χ3v) is 4.14. The van der Waals surface area contributed by atoms with E-state index in [2.05, 4.69) is 9.97 Å². The molecule has 0 atom stereocenters. The number of nitrogens with two attached hydrogens (primary N) is 1. The summed E-state index contributed by atoms with van der Waals surface area (Å²) in [4.78, 5) is 8.25. The Balaban J connectivity index is 2.27. The number of hydrogen-bond donors (Lipinski definition) is 1. The molecule has 0 amide bonds. The quantitative estimate of drug-likeness (QED) is 0.790. The van der Waals surface area contributed by atoms with Gasteiger partial charge in [-0.3, -0.25) is 0 Å². The lowest BCUT2D eigenvalue weighted by Crippen LogP contribution is -1.96. The molecule has 0 radical (unpaired) electrons. The Kier molecular flexibility index (Phi) is 3.96. The third kappa shape index (κ3) is 2.64. The summed E-state index contributed by atoms with van der Waals surface area (Å²) in [5.41, 5.74) is 9.14. The Hall–Kier alpha value is -2.53. The number of nitrogen functional groups attached to an aromatic ring is 1. The molecule has 2 N–H and O–H groups in total. The zero-order chi connectivity index (χ0) is 16.6. The molecule has 3 aromatic rings. The van der Waals surface area contributed by atoms with Crippen LogP contribution in [0.4, 0.5) is 5.95 Å². The van der Waals surface area contributed by atoms with Gasteiger partial charge in [-0.25, -0.2) is 9.97 Å². The van der Waals surface area contributed by atoms with Crippen LogP contribution in [0.5, 0.6) is 11.5 Å². The van der Waals surface area contributed by atoms with Crippen molar-refractivity contribution in [3.8, 4) is 22.6 Å². The molecule has 0 aliphatic heterocycles. The summed E-state index contributed by atoms with van der Waals surface area (Å²) in [5, 5.41) is 1.43. The molecule has 0 saturated heterocycles. The number of hydrogen-bond acceptors (Lipinski definition) is 5. The van der Waals surface area contributed by atoms with E-state index in [0.29, 0.717) is 10.8 Å². The summed E-state index contributed by atoms with van der Waals surface area (Å²) < 4.78 is 10.8. The average molecular weight is 330 g/mol. The largest absolute Gasteiger partial charge is 0.496 e. The van der Waals surface area contributed by atoms with Gasteiger partial charge in [-0.15, -0.1) is 0 Å². The number of nitrogens with zero attached hydrogens (tertiary/aromatic N) is 2. The minimum atomic E-state index is 0.252. The molecular weight excluding hydrogens is 314 g/mol. The number of rotatable bonds is 3. The molecule has 1 heterocycles. The summed E-state index contributed by atoms with van der Waals surface area (Å²) in [6.45, 7) is 1.96. The first-order valence-corrected chi connectivity index (χ1v) is 7.36. The van der Waals surface area contributed by atoms with Gasteiger partial charge in [0.1, 0.15) is 11.5 Å². The van der Waals surface area contributed by atoms with Crippen molar-refractivity contribution in [1.29, 1.82) is 0 Å². The van der Waals surface area contributed by atoms with Crippen LogP contribution in [0.3, 0.4) is 0 Å². The predicted molar refractivity (Wildman–Crippen MR) is 92.2 cm³/mol. The van der Waals surface area contributed by atoms with Crippen LogP contribution in [0, 0.1) is 6.92 Å². The number of methoxy groups -OCH3 is 2. The minimum absolute atomic E-state index is 0.252. The highest BCUT2D eigenvalue weighted by atomic mass is 35.5. The van der Waals surface area contributed by atoms with Gasteiger partial charge in [0.15, 0.2) is 0 Å². The second kappa shape index (κ2) is 5.93. The van der Waals surface area contributed by atoms with E-state index in [1.807, 2.05) is 25.1 Å². The first-order chi connectivity index (χ1) is 11.0. The van der Waals surface area contributed by atoms with Gasteiger partial charge in [0.2, 0.25) is 5.95 Å². The molecule has 0 spiro atoms. The fraction of sp³-hybridized carbons (Fsp3) is 0.176. The molecule has 0 unspecified atom stereocenters. The molecule has 1 aromatic heterocycles. The maximum Gasteiger partial charge on any atom is 0.220 e. The van der Waals surface area contributed by atoms with Crippen LogP contribution in [0.2, 0.25) is 5.02 Å². The zero-order valence-corrected chi connectivity index (χ0v) is 13.8. The molecule has 0 aliphatic carbocycles. The van der Waals surface area contributed by atoms with E-state index in [-0.39, 0.29) is 5.95 Å². The molecule has 0 aliphatic rings. The van der Waals surface area contributed by atoms with Crippen molar-refractivity contribution in [1.82, 2.24) is 9.97 Å². The number of aromatic nitrogens is 2. The van der Waals surface area contributed by atoms with E-state index in [1.54, 1.807) is 26.5 Å². The molecule has 118 valence electrons. The van der Waals surface area contributed by atoms with Crippen molar-refractivity contribution in [2.24, 2.45) is 0 Å². The normalized spacial score (nSPS) is 10.8. The Bertz CT molecular complexity index is 868. The van der Waals surface area contributed by atoms with Crippen molar-refractivity contribution < 1.29 is 9.47 Å². The maximum atomic E-state index is 6.52. The second-order valence-electron chi connectivity index (χ2n) is 5.10. The van der Waals surface area contributed by atoms with Gasteiger partial charge in [-0.2, -0.15) is 0 Å². The van der Waals surface area contributed by atoms with Crippen molar-refractivity contribution in [3.63, 3.8) is 0 Å². The van der Waals surface area contributed by atoms with Gasteiger partial charge in [-0.1, -0.05) is 17.7 Å². The van der Waals surface area contributed by atoms with Gasteiger partial charge in [0.05, 0.1) is 24.8 Å². The van der Waals surface area contributed by atoms with Crippen LogP contribution in [-0.4, -0.2) is 24.2 Å². The van der Waals surface area contributed by atoms with Crippen molar-refractivity contribution >= 4 is 28.5 Å². The van der Waals surface area contributed by atoms with Crippen molar-refractivity contribution in [2.75, 3.05) is 20.0 Å². The average Bonchev–Trinajstić information content (AvgIpc) is 2.55. The van der Waals surface area contributed by atoms with E-state index in [0.717, 1.165) is 33.3 Å². The first-order valence-electron chi connectivity index (χ1n) is 6.99. The first kappa shape index (κ1) is 15.4. The van der Waals surface area contributed by atoms with Crippen LogP contribution >= 0.6 is 11.6 Å². The Morgan fingerprint density at radius 1 is 1.09 bits per heavy atom. The van der Waals surface area contributed by atoms with Crippen LogP contribution in [0.1, 0.15) is 5.56 Å². The molecule has 0 fully saturated rings. The smallest absolute Gasteiger partial charge is 0.220 e. The van der Waals surface area contributed by atoms with E-state index in [9.17, 15) is 0 Å². The SMILES string of the molecule is COc1cc(OC)c(Cl)c(-c2ccc3nc(N)ncc3c2)c1C. The predicted octanol–water partition coefficient (Wildman–Crippen LogP) is 3.86. The van der Waals surface area contributed by atoms with Crippen LogP contribution in [0.15, 0.2) is 30.5 Å². The van der Waals surface area contributed by atoms with E-state index >= 15 is 0 Å². The Labute approximate surface area is 139 Å². The number of ether oxygens (including phenoxy) is 2. The number of anilines is 1. The van der Waals surface area contributed by atoms with Gasteiger partial charge >= 0.3 is 0 Å². The molecule has 6 heteroatoms. The topological polar surface area (TPSA) is 70.3 Å². The van der Waals surface area contributed by atoms with Gasteiger partial charge in [-0.05, 0) is 24.6 Å². The molecule has 23 heavy (non-hydrogen) atoms. The lowest BCUT2D eigenvalue weighted by Gasteiger charge is -2.16. The van der Waals surface area contributed by atoms with Gasteiger partial charge < -0.3 is 15.2 Å². The summed E-state index contributed by atoms with van der Waals surface area (Å²) in [6, 6.07) is 7.60. The standard InChI is InChI=1S/C17H16ClN3O2/c1-9-13(22-2)7-14(23-3)16(18)15(9)10-4-5-12-11(6-10)8-20-17(19)21-12/h4-8H,1-3H3,(H2,19,20,21). The lowest BCUT2D eigenvalue weighted by atomic mass is 9.98. The summed E-state index contributed by atoms with van der Waals surface area (Å²) in [7, 11) is 3.20. The zero-order valence-electron chi connectivity index (χ0n) is 13.1. The molecule has 2 aromatic carbocycles. The monoisotopic (exact) mass is 329 g/mol. The molecular formula is C17H16ClN3O2. The number of fused-ring (bicyclic) bond motifs is 1. The highest BCUT2D eigenvalue weighted by Crippen LogP contribution is 2.43. The summed E-state index contributed by atoms with van der Waals surface area (Å²) >= 11 is 6.52. The summed E-state index contributed by atoms with van der Waals surface area (Å²) in [6.07, 6.45) is 1.70. The lowest BCUT2D eigenvalue weighted by molar-refractivity contribution is 0.393. The highest BCUT2D eigenvalue weighted by Gasteiger charge is 2.17. The van der Waals surface area contributed by atoms with E-state index in [1.165, 1.54) is 0 Å². The molecule has 3 rings (SSSR count). The second-order valence-corrected chi connectivity index (χ2v) is 5.47. The Morgan fingerprint density at radius 2 is 1.83 bits per heavy atom. The fourth-order valence-electron chi connectivity index (χ4n) is 2.61. The highest BCUT2D eigenvalue weighted by molar-refractivity contribution is 6.35. The van der Waals surface area contributed by atoms with Crippen molar-refractivity contribution in [3.05, 3.63) is 41.0 Å². The minimum Gasteiger partial charge on any atom is -0.496 e. The fourth-order valence-corrected chi connectivity index (χ4v) is 2.99. The molecule has 0 bridgehead atoms. The van der Waals surface area contributed by atoms with Crippen LogP contribution < -0.4 is 15.2 Å². The van der Waals surface area contributed by atoms with Crippen LogP contribution in [-0.2, 0) is 0 Å². The number of halogens is 1. The van der Waals surface area contributed by atoms with Crippen molar-refractivity contribution in [2.45, 2.75) is 6.92 Å². The van der Waals surface area contributed by atoms with Gasteiger partial charge in [0.25, 0.3) is 0 Å². The van der Waals surface area contributed by atoms with Crippen LogP contribution in [0.25, 0.3) is 22.0 Å². The van der Waals surface area contributed by atoms with Gasteiger partial charge in [0, 0.05) is 28.8 Å². The third-order valence-electron chi connectivity index (χ3n) is 3.77.